The lowest BCUT2D eigenvalue weighted by Gasteiger charge is -2.07. The van der Waals surface area contributed by atoms with Crippen LogP contribution in [0.5, 0.6) is 0 Å². The van der Waals surface area contributed by atoms with Crippen LogP contribution in [0.1, 0.15) is 149 Å². The summed E-state index contributed by atoms with van der Waals surface area (Å²) < 4.78 is 0. The van der Waals surface area contributed by atoms with Gasteiger partial charge < -0.3 is 0 Å². The summed E-state index contributed by atoms with van der Waals surface area (Å²) in [6, 6.07) is 42.5. The number of hydrogen-bond acceptors (Lipinski definition) is 0. The van der Waals surface area contributed by atoms with Crippen LogP contribution >= 0.6 is 11.6 Å². The van der Waals surface area contributed by atoms with Gasteiger partial charge in [-0.15, -0.1) is 0 Å². The van der Waals surface area contributed by atoms with E-state index in [9.17, 15) is 0 Å². The van der Waals surface area contributed by atoms with Crippen molar-refractivity contribution in [3.8, 4) is 0 Å². The minimum Gasteiger partial charge on any atom is -0.0840 e. The van der Waals surface area contributed by atoms with Crippen molar-refractivity contribution in [2.45, 2.75) is 127 Å². The molecule has 0 bridgehead atoms. The Morgan fingerprint density at radius 1 is 0.340 bits per heavy atom. The van der Waals surface area contributed by atoms with Crippen LogP contribution in [0.25, 0.3) is 0 Å². The Bertz CT molecular complexity index is 1470. The first-order valence-electron chi connectivity index (χ1n) is 18.5. The van der Waals surface area contributed by atoms with Crippen LogP contribution in [0.2, 0.25) is 5.02 Å². The lowest BCUT2D eigenvalue weighted by atomic mass is 9.99. The fourth-order valence-corrected chi connectivity index (χ4v) is 5.62. The Hall–Kier alpha value is -3.61. The standard InChI is InChI=1S/4C10H14.C9H11Cl/c3*1-8(2)10-6-4-5-9(3)7-10;1-8(2)10-7-5-4-6-9(10)3;1-7(2)8-5-3-4-6-9(8)10/h4*4-8H,1-3H3;3-7H,1-2H3. The van der Waals surface area contributed by atoms with Crippen molar-refractivity contribution in [2.75, 3.05) is 0 Å². The van der Waals surface area contributed by atoms with Crippen LogP contribution in [0.3, 0.4) is 0 Å². The molecular weight excluding hydrogens is 624 g/mol. The highest BCUT2D eigenvalue weighted by Gasteiger charge is 2.02. The van der Waals surface area contributed by atoms with Gasteiger partial charge in [0.05, 0.1) is 0 Å². The summed E-state index contributed by atoms with van der Waals surface area (Å²) in [4.78, 5) is 0. The Kier molecular flexibility index (Phi) is 21.1. The molecule has 0 amide bonds. The third-order valence-electron chi connectivity index (χ3n) is 8.46. The molecule has 0 unspecified atom stereocenters. The van der Waals surface area contributed by atoms with Crippen molar-refractivity contribution in [1.29, 1.82) is 0 Å². The summed E-state index contributed by atoms with van der Waals surface area (Å²) in [6.45, 7) is 30.6. The van der Waals surface area contributed by atoms with Crippen molar-refractivity contribution in [2.24, 2.45) is 0 Å². The van der Waals surface area contributed by atoms with Gasteiger partial charge in [0.25, 0.3) is 0 Å². The number of hydrogen-bond donors (Lipinski definition) is 0. The highest BCUT2D eigenvalue weighted by molar-refractivity contribution is 6.31. The van der Waals surface area contributed by atoms with Gasteiger partial charge in [-0.25, -0.2) is 0 Å². The van der Waals surface area contributed by atoms with E-state index in [4.69, 9.17) is 11.6 Å². The molecule has 5 aromatic carbocycles. The molecule has 5 rings (SSSR count). The monoisotopic (exact) mass is 690 g/mol. The van der Waals surface area contributed by atoms with Crippen LogP contribution < -0.4 is 0 Å². The van der Waals surface area contributed by atoms with Gasteiger partial charge in [0.2, 0.25) is 0 Å². The van der Waals surface area contributed by atoms with Crippen LogP contribution in [0.4, 0.5) is 0 Å². The zero-order valence-corrected chi connectivity index (χ0v) is 34.6. The van der Waals surface area contributed by atoms with Gasteiger partial charge in [-0.05, 0) is 96.7 Å². The Balaban J connectivity index is 0.000000312. The van der Waals surface area contributed by atoms with E-state index in [1.807, 2.05) is 18.2 Å². The lowest BCUT2D eigenvalue weighted by molar-refractivity contribution is 0.856. The smallest absolute Gasteiger partial charge is 0.0440 e. The van der Waals surface area contributed by atoms with Crippen LogP contribution in [-0.4, -0.2) is 0 Å². The summed E-state index contributed by atoms with van der Waals surface area (Å²) in [5.74, 6) is 3.13. The molecule has 0 heterocycles. The van der Waals surface area contributed by atoms with Crippen LogP contribution in [0, 0.1) is 27.7 Å². The molecule has 0 radical (unpaired) electrons. The Morgan fingerprint density at radius 2 is 0.660 bits per heavy atom. The first-order valence-corrected chi connectivity index (χ1v) is 18.9. The zero-order chi connectivity index (χ0) is 37.8. The van der Waals surface area contributed by atoms with Gasteiger partial charge in [-0.3, -0.25) is 0 Å². The maximum Gasteiger partial charge on any atom is 0.0440 e. The quantitative estimate of drug-likeness (QED) is 0.172. The molecule has 0 aliphatic rings. The maximum absolute atomic E-state index is 5.92. The Morgan fingerprint density at radius 3 is 0.880 bits per heavy atom. The van der Waals surface area contributed by atoms with Crippen LogP contribution in [-0.2, 0) is 0 Å². The lowest BCUT2D eigenvalue weighted by Crippen LogP contribution is -1.89. The van der Waals surface area contributed by atoms with E-state index in [1.54, 1.807) is 0 Å². The fourth-order valence-electron chi connectivity index (χ4n) is 5.27. The van der Waals surface area contributed by atoms with Crippen LogP contribution in [0.15, 0.2) is 121 Å². The molecule has 0 nitrogen and oxygen atoms in total. The molecule has 270 valence electrons. The topological polar surface area (TPSA) is 0 Å². The number of benzene rings is 5. The molecule has 50 heavy (non-hydrogen) atoms. The molecule has 1 heteroatoms. The zero-order valence-electron chi connectivity index (χ0n) is 33.8. The summed E-state index contributed by atoms with van der Waals surface area (Å²) >= 11 is 5.92. The van der Waals surface area contributed by atoms with E-state index >= 15 is 0 Å². The summed E-state index contributed by atoms with van der Waals surface area (Å²) in [7, 11) is 0. The van der Waals surface area contributed by atoms with E-state index in [2.05, 4.69) is 200 Å². The van der Waals surface area contributed by atoms with Gasteiger partial charge in [-0.1, -0.05) is 213 Å². The van der Waals surface area contributed by atoms with Gasteiger partial charge in [0.1, 0.15) is 0 Å². The van der Waals surface area contributed by atoms with Crippen molar-refractivity contribution in [1.82, 2.24) is 0 Å². The molecule has 0 aliphatic heterocycles. The third-order valence-corrected chi connectivity index (χ3v) is 8.81. The normalized spacial score (nSPS) is 10.4. The highest BCUT2D eigenvalue weighted by Crippen LogP contribution is 2.23. The second-order valence-electron chi connectivity index (χ2n) is 14.9. The fraction of sp³-hybridized carbons (Fsp3) is 0.388. The molecular formula is C49H67Cl. The average Bonchev–Trinajstić information content (AvgIpc) is 3.06. The van der Waals surface area contributed by atoms with Gasteiger partial charge in [0, 0.05) is 5.02 Å². The number of rotatable bonds is 5. The van der Waals surface area contributed by atoms with Gasteiger partial charge >= 0.3 is 0 Å². The summed E-state index contributed by atoms with van der Waals surface area (Å²) in [5.41, 5.74) is 12.4. The first-order chi connectivity index (χ1) is 23.5. The molecule has 0 saturated heterocycles. The van der Waals surface area contributed by atoms with E-state index in [1.165, 1.54) is 50.1 Å². The number of aryl methyl sites for hydroxylation is 4. The van der Waals surface area contributed by atoms with Gasteiger partial charge in [0.15, 0.2) is 0 Å². The summed E-state index contributed by atoms with van der Waals surface area (Å²) in [6.07, 6.45) is 0. The minimum absolute atomic E-state index is 0.522. The predicted octanol–water partition coefficient (Wildman–Crippen LogP) is 15.9. The van der Waals surface area contributed by atoms with E-state index in [-0.39, 0.29) is 0 Å². The second-order valence-corrected chi connectivity index (χ2v) is 15.3. The van der Waals surface area contributed by atoms with E-state index in [0.717, 1.165) is 5.02 Å². The molecule has 0 fully saturated rings. The molecule has 0 spiro atoms. The van der Waals surface area contributed by atoms with E-state index < -0.39 is 0 Å². The molecule has 0 saturated carbocycles. The Labute approximate surface area is 313 Å². The SMILES string of the molecule is CC(C)c1ccccc1Cl.Cc1cccc(C(C)C)c1.Cc1cccc(C(C)C)c1.Cc1cccc(C(C)C)c1.Cc1ccccc1C(C)C. The summed E-state index contributed by atoms with van der Waals surface area (Å²) in [5, 5.41) is 0.873. The second kappa shape index (κ2) is 23.7. The van der Waals surface area contributed by atoms with Crippen molar-refractivity contribution >= 4 is 11.6 Å². The molecule has 0 atom stereocenters. The third kappa shape index (κ3) is 17.9. The number of halogens is 1. The average molecular weight is 692 g/mol. The molecule has 0 aliphatic carbocycles. The predicted molar refractivity (Wildman–Crippen MR) is 227 cm³/mol. The maximum atomic E-state index is 5.92. The minimum atomic E-state index is 0.522. The van der Waals surface area contributed by atoms with Crippen molar-refractivity contribution in [3.05, 3.63) is 176 Å². The van der Waals surface area contributed by atoms with E-state index in [0.29, 0.717) is 29.6 Å². The first kappa shape index (κ1) is 44.4. The molecule has 0 N–H and O–H groups in total. The highest BCUT2D eigenvalue weighted by atomic mass is 35.5. The van der Waals surface area contributed by atoms with Crippen molar-refractivity contribution < 1.29 is 0 Å². The molecule has 0 aromatic heterocycles. The van der Waals surface area contributed by atoms with Gasteiger partial charge in [-0.2, -0.15) is 0 Å². The largest absolute Gasteiger partial charge is 0.0840 e. The van der Waals surface area contributed by atoms with Crippen molar-refractivity contribution in [3.63, 3.8) is 0 Å². The molecule has 5 aromatic rings.